The summed E-state index contributed by atoms with van der Waals surface area (Å²) in [6, 6.07) is 11.9. The minimum Gasteiger partial charge on any atom is -0.478 e. The summed E-state index contributed by atoms with van der Waals surface area (Å²) in [5.74, 6) is 0.696. The van der Waals surface area contributed by atoms with Crippen LogP contribution in [0.2, 0.25) is 0 Å². The van der Waals surface area contributed by atoms with Gasteiger partial charge < -0.3 is 4.74 Å². The minimum atomic E-state index is 0.658. The maximum Gasteiger partial charge on any atom is 0.213 e. The van der Waals surface area contributed by atoms with Crippen LogP contribution in [0.1, 0.15) is 6.92 Å². The van der Waals surface area contributed by atoms with Gasteiger partial charge in [0, 0.05) is 11.5 Å². The lowest BCUT2D eigenvalue weighted by atomic mass is 10.2. The van der Waals surface area contributed by atoms with Gasteiger partial charge in [-0.2, -0.15) is 0 Å². The number of ether oxygens (including phenoxy) is 1. The highest BCUT2D eigenvalue weighted by atomic mass is 17.0. The Bertz CT molecular complexity index is 417. The van der Waals surface area contributed by atoms with Gasteiger partial charge in [0.25, 0.3) is 0 Å². The van der Waals surface area contributed by atoms with E-state index < -0.39 is 0 Å². The van der Waals surface area contributed by atoms with Gasteiger partial charge in [0.2, 0.25) is 5.88 Å². The van der Waals surface area contributed by atoms with E-state index in [4.69, 9.17) is 15.3 Å². The highest BCUT2D eigenvalue weighted by molar-refractivity contribution is 5.78. The molecule has 0 amide bonds. The van der Waals surface area contributed by atoms with Crippen LogP contribution in [0.5, 0.6) is 5.88 Å². The average Bonchev–Trinajstić information content (AvgIpc) is 2.32. The average molecular weight is 207 g/mol. The lowest BCUT2D eigenvalue weighted by Gasteiger charge is -2.02. The van der Waals surface area contributed by atoms with E-state index in [9.17, 15) is 0 Å². The Hall–Kier alpha value is -1.65. The Morgan fingerprint density at radius 1 is 1.13 bits per heavy atom. The highest BCUT2D eigenvalue weighted by Crippen LogP contribution is 2.15. The molecule has 15 heavy (non-hydrogen) atoms. The standard InChI is InChI=1S/C11H11NO.H2O2/c1-2-13-11-8-7-9-5-3-4-6-10(9)12-11;1-2/h3-8H,2H2,1H3;1-2H. The maximum atomic E-state index is 6.00. The summed E-state index contributed by atoms with van der Waals surface area (Å²) < 4.78 is 5.30. The molecule has 0 bridgehead atoms. The molecular weight excluding hydrogens is 194 g/mol. The largest absolute Gasteiger partial charge is 0.478 e. The molecule has 0 aliphatic heterocycles. The van der Waals surface area contributed by atoms with Crippen LogP contribution in [-0.2, 0) is 0 Å². The van der Waals surface area contributed by atoms with Crippen molar-refractivity contribution in [1.29, 1.82) is 0 Å². The smallest absolute Gasteiger partial charge is 0.213 e. The zero-order valence-corrected chi connectivity index (χ0v) is 8.42. The highest BCUT2D eigenvalue weighted by Gasteiger charge is 1.96. The molecule has 0 saturated heterocycles. The van der Waals surface area contributed by atoms with Crippen LogP contribution in [0.25, 0.3) is 10.9 Å². The summed E-state index contributed by atoms with van der Waals surface area (Å²) in [6.45, 7) is 2.61. The number of hydrogen-bond acceptors (Lipinski definition) is 4. The monoisotopic (exact) mass is 207 g/mol. The van der Waals surface area contributed by atoms with Crippen molar-refractivity contribution in [2.75, 3.05) is 6.61 Å². The number of nitrogens with zero attached hydrogens (tertiary/aromatic N) is 1. The van der Waals surface area contributed by atoms with Crippen LogP contribution in [0.15, 0.2) is 36.4 Å². The van der Waals surface area contributed by atoms with Gasteiger partial charge in [0.05, 0.1) is 12.1 Å². The minimum absolute atomic E-state index is 0.658. The molecule has 0 atom stereocenters. The SMILES string of the molecule is CCOc1ccc2ccccc2n1.OO. The predicted molar refractivity (Wildman–Crippen MR) is 58.2 cm³/mol. The quantitative estimate of drug-likeness (QED) is 0.587. The first kappa shape index (κ1) is 11.4. The molecule has 0 spiro atoms. The van der Waals surface area contributed by atoms with Crippen molar-refractivity contribution in [3.8, 4) is 5.88 Å². The molecule has 0 saturated carbocycles. The summed E-state index contributed by atoms with van der Waals surface area (Å²) in [4.78, 5) is 4.34. The third-order valence-corrected chi connectivity index (χ3v) is 1.87. The first-order valence-corrected chi connectivity index (χ1v) is 4.59. The lowest BCUT2D eigenvalue weighted by molar-refractivity contribution is -0.176. The van der Waals surface area contributed by atoms with Gasteiger partial charge in [-0.05, 0) is 19.1 Å². The van der Waals surface area contributed by atoms with Crippen molar-refractivity contribution in [3.63, 3.8) is 0 Å². The fourth-order valence-corrected chi connectivity index (χ4v) is 1.28. The predicted octanol–water partition coefficient (Wildman–Crippen LogP) is 2.65. The molecule has 2 N–H and O–H groups in total. The second-order valence-electron chi connectivity index (χ2n) is 2.78. The third-order valence-electron chi connectivity index (χ3n) is 1.87. The van der Waals surface area contributed by atoms with E-state index in [1.54, 1.807) is 0 Å². The molecule has 0 aliphatic rings. The van der Waals surface area contributed by atoms with Crippen LogP contribution in [0.4, 0.5) is 0 Å². The number of para-hydroxylation sites is 1. The van der Waals surface area contributed by atoms with Crippen molar-refractivity contribution in [3.05, 3.63) is 36.4 Å². The van der Waals surface area contributed by atoms with Crippen molar-refractivity contribution >= 4 is 10.9 Å². The molecule has 0 fully saturated rings. The Morgan fingerprint density at radius 2 is 1.87 bits per heavy atom. The van der Waals surface area contributed by atoms with E-state index >= 15 is 0 Å². The maximum absolute atomic E-state index is 6.00. The fraction of sp³-hybridized carbons (Fsp3) is 0.182. The first-order valence-electron chi connectivity index (χ1n) is 4.59. The molecule has 4 heteroatoms. The molecule has 2 rings (SSSR count). The summed E-state index contributed by atoms with van der Waals surface area (Å²) in [7, 11) is 0. The van der Waals surface area contributed by atoms with E-state index in [1.807, 2.05) is 43.3 Å². The van der Waals surface area contributed by atoms with Gasteiger partial charge in [0.15, 0.2) is 0 Å². The number of hydrogen-bond donors (Lipinski definition) is 2. The zero-order chi connectivity index (χ0) is 11.1. The van der Waals surface area contributed by atoms with Crippen LogP contribution >= 0.6 is 0 Å². The number of benzene rings is 1. The molecule has 80 valence electrons. The van der Waals surface area contributed by atoms with Crippen molar-refractivity contribution in [2.45, 2.75) is 6.92 Å². The summed E-state index contributed by atoms with van der Waals surface area (Å²) >= 11 is 0. The van der Waals surface area contributed by atoms with Gasteiger partial charge in [0.1, 0.15) is 0 Å². The van der Waals surface area contributed by atoms with Crippen molar-refractivity contribution < 1.29 is 15.3 Å². The molecule has 2 aromatic rings. The van der Waals surface area contributed by atoms with E-state index in [1.165, 1.54) is 0 Å². The van der Waals surface area contributed by atoms with Gasteiger partial charge >= 0.3 is 0 Å². The van der Waals surface area contributed by atoms with E-state index in [-0.39, 0.29) is 0 Å². The number of pyridine rings is 1. The normalized spacial score (nSPS) is 9.27. The van der Waals surface area contributed by atoms with Crippen LogP contribution in [-0.4, -0.2) is 22.1 Å². The summed E-state index contributed by atoms with van der Waals surface area (Å²) in [5, 5.41) is 13.1. The molecule has 0 radical (unpaired) electrons. The van der Waals surface area contributed by atoms with Gasteiger partial charge in [-0.15, -0.1) is 0 Å². The van der Waals surface area contributed by atoms with Crippen LogP contribution < -0.4 is 4.74 Å². The topological polar surface area (TPSA) is 62.6 Å². The van der Waals surface area contributed by atoms with Crippen LogP contribution in [0.3, 0.4) is 0 Å². The molecule has 0 aliphatic carbocycles. The number of aromatic nitrogens is 1. The van der Waals surface area contributed by atoms with Gasteiger partial charge in [-0.1, -0.05) is 18.2 Å². The van der Waals surface area contributed by atoms with Crippen molar-refractivity contribution in [2.24, 2.45) is 0 Å². The Labute approximate surface area is 87.7 Å². The third kappa shape index (κ3) is 2.90. The summed E-state index contributed by atoms with van der Waals surface area (Å²) in [6.07, 6.45) is 0. The van der Waals surface area contributed by atoms with E-state index in [2.05, 4.69) is 4.98 Å². The van der Waals surface area contributed by atoms with Crippen LogP contribution in [0, 0.1) is 0 Å². The Morgan fingerprint density at radius 3 is 2.60 bits per heavy atom. The fourth-order valence-electron chi connectivity index (χ4n) is 1.28. The Balaban J connectivity index is 0.000000531. The lowest BCUT2D eigenvalue weighted by Crippen LogP contribution is -1.93. The van der Waals surface area contributed by atoms with Gasteiger partial charge in [-0.25, -0.2) is 4.98 Å². The zero-order valence-electron chi connectivity index (χ0n) is 8.42. The van der Waals surface area contributed by atoms with Crippen molar-refractivity contribution in [1.82, 2.24) is 4.98 Å². The van der Waals surface area contributed by atoms with Gasteiger partial charge in [-0.3, -0.25) is 10.5 Å². The molecule has 1 aromatic carbocycles. The summed E-state index contributed by atoms with van der Waals surface area (Å²) in [5.41, 5.74) is 0.980. The second-order valence-corrected chi connectivity index (χ2v) is 2.78. The number of fused-ring (bicyclic) bond motifs is 1. The molecule has 0 unspecified atom stereocenters. The first-order chi connectivity index (χ1) is 7.40. The van der Waals surface area contributed by atoms with E-state index in [0.717, 1.165) is 10.9 Å². The molecular formula is C11H13NO3. The molecule has 1 heterocycles. The second kappa shape index (κ2) is 5.95. The molecule has 4 nitrogen and oxygen atoms in total. The Kier molecular flexibility index (Phi) is 4.53. The molecule has 1 aromatic heterocycles. The van der Waals surface area contributed by atoms with E-state index in [0.29, 0.717) is 12.5 Å². The number of rotatable bonds is 2.